The van der Waals surface area contributed by atoms with Crippen LogP contribution >= 0.6 is 0 Å². The molecule has 130 valence electrons. The van der Waals surface area contributed by atoms with Gasteiger partial charge < -0.3 is 20.7 Å². The molecule has 1 aromatic carbocycles. The van der Waals surface area contributed by atoms with Crippen LogP contribution in [0.15, 0.2) is 24.4 Å². The van der Waals surface area contributed by atoms with E-state index in [1.807, 2.05) is 22.9 Å². The van der Waals surface area contributed by atoms with Crippen molar-refractivity contribution < 1.29 is 14.5 Å². The number of nitrogens with two attached hydrogens (primary N) is 1. The molecule has 8 heteroatoms. The van der Waals surface area contributed by atoms with Crippen molar-refractivity contribution in [2.75, 3.05) is 5.32 Å². The van der Waals surface area contributed by atoms with Crippen LogP contribution in [0.2, 0.25) is 0 Å². The summed E-state index contributed by atoms with van der Waals surface area (Å²) >= 11 is 0. The van der Waals surface area contributed by atoms with Crippen LogP contribution in [-0.2, 0) is 11.3 Å². The Morgan fingerprint density at radius 3 is 2.92 bits per heavy atom. The fourth-order valence-corrected chi connectivity index (χ4v) is 3.63. The van der Waals surface area contributed by atoms with E-state index in [9.17, 15) is 9.82 Å². The Morgan fingerprint density at radius 1 is 1.36 bits per heavy atom. The van der Waals surface area contributed by atoms with E-state index >= 15 is 0 Å². The zero-order chi connectivity index (χ0) is 17.4. The SMILES string of the molecule is NC(=O)c1cn(C2CCCCC2)nc1Nc1ccc2c(c1)B(O)OC2. The Balaban J connectivity index is 1.62. The molecule has 1 aliphatic carbocycles. The summed E-state index contributed by atoms with van der Waals surface area (Å²) in [5.41, 5.74) is 8.34. The zero-order valence-corrected chi connectivity index (χ0v) is 13.9. The summed E-state index contributed by atoms with van der Waals surface area (Å²) in [5, 5.41) is 17.6. The second-order valence-electron chi connectivity index (χ2n) is 6.73. The van der Waals surface area contributed by atoms with Crippen LogP contribution in [-0.4, -0.2) is 27.8 Å². The molecule has 4 N–H and O–H groups in total. The number of primary amides is 1. The standard InChI is InChI=1S/C17H21BN4O3/c19-16(23)14-9-22(13-4-2-1-3-5-13)21-17(14)20-12-7-6-11-10-25-18(24)15(11)8-12/h6-9,13,24H,1-5,10H2,(H2,19,23)(H,20,21). The molecular formula is C17H21BN4O3. The number of amides is 1. The predicted molar refractivity (Wildman–Crippen MR) is 95.0 cm³/mol. The summed E-state index contributed by atoms with van der Waals surface area (Å²) < 4.78 is 7.08. The van der Waals surface area contributed by atoms with Crippen LogP contribution in [0.1, 0.15) is 54.1 Å². The first-order valence-electron chi connectivity index (χ1n) is 8.70. The molecule has 7 nitrogen and oxygen atoms in total. The van der Waals surface area contributed by atoms with E-state index < -0.39 is 13.0 Å². The molecule has 25 heavy (non-hydrogen) atoms. The summed E-state index contributed by atoms with van der Waals surface area (Å²) in [6.07, 6.45) is 7.50. The third-order valence-electron chi connectivity index (χ3n) is 5.02. The summed E-state index contributed by atoms with van der Waals surface area (Å²) in [7, 11) is -0.910. The highest BCUT2D eigenvalue weighted by Crippen LogP contribution is 2.30. The number of hydrogen-bond acceptors (Lipinski definition) is 5. The van der Waals surface area contributed by atoms with Crippen molar-refractivity contribution in [1.82, 2.24) is 9.78 Å². The van der Waals surface area contributed by atoms with Crippen LogP contribution in [0.25, 0.3) is 0 Å². The van der Waals surface area contributed by atoms with Gasteiger partial charge in [-0.05, 0) is 36.0 Å². The van der Waals surface area contributed by atoms with Crippen molar-refractivity contribution >= 4 is 30.0 Å². The highest BCUT2D eigenvalue weighted by molar-refractivity contribution is 6.61. The maximum absolute atomic E-state index is 11.8. The average Bonchev–Trinajstić information content (AvgIpc) is 3.20. The van der Waals surface area contributed by atoms with Gasteiger partial charge in [-0.25, -0.2) is 0 Å². The van der Waals surface area contributed by atoms with E-state index in [4.69, 9.17) is 10.4 Å². The molecule has 0 atom stereocenters. The number of nitrogens with one attached hydrogen (secondary N) is 1. The van der Waals surface area contributed by atoms with Gasteiger partial charge in [0.1, 0.15) is 5.56 Å². The molecule has 0 spiro atoms. The van der Waals surface area contributed by atoms with Gasteiger partial charge in [0.2, 0.25) is 0 Å². The second kappa shape index (κ2) is 6.53. The number of anilines is 2. The normalized spacial score (nSPS) is 17.6. The minimum absolute atomic E-state index is 0.317. The van der Waals surface area contributed by atoms with Gasteiger partial charge in [-0.1, -0.05) is 25.3 Å². The van der Waals surface area contributed by atoms with Crippen LogP contribution in [0, 0.1) is 0 Å². The van der Waals surface area contributed by atoms with E-state index in [1.54, 1.807) is 6.20 Å². The molecule has 1 fully saturated rings. The molecule has 2 heterocycles. The van der Waals surface area contributed by atoms with Gasteiger partial charge in [-0.2, -0.15) is 5.10 Å². The van der Waals surface area contributed by atoms with Gasteiger partial charge in [0.05, 0.1) is 12.6 Å². The first-order chi connectivity index (χ1) is 12.1. The highest BCUT2D eigenvalue weighted by Gasteiger charge is 2.27. The van der Waals surface area contributed by atoms with E-state index in [2.05, 4.69) is 10.4 Å². The quantitative estimate of drug-likeness (QED) is 0.731. The minimum atomic E-state index is -0.910. The molecule has 1 saturated carbocycles. The molecular weight excluding hydrogens is 319 g/mol. The van der Waals surface area contributed by atoms with Crippen LogP contribution < -0.4 is 16.5 Å². The van der Waals surface area contributed by atoms with Crippen molar-refractivity contribution in [3.63, 3.8) is 0 Å². The molecule has 0 radical (unpaired) electrons. The highest BCUT2D eigenvalue weighted by atomic mass is 16.5. The summed E-state index contributed by atoms with van der Waals surface area (Å²) in [5.74, 6) is -0.0551. The smallest absolute Gasteiger partial charge is 0.423 e. The Morgan fingerprint density at radius 2 is 2.16 bits per heavy atom. The maximum Gasteiger partial charge on any atom is 0.491 e. The second-order valence-corrected chi connectivity index (χ2v) is 6.73. The lowest BCUT2D eigenvalue weighted by atomic mass is 9.79. The zero-order valence-electron chi connectivity index (χ0n) is 13.9. The first kappa shape index (κ1) is 16.2. The lowest BCUT2D eigenvalue weighted by Crippen LogP contribution is -2.28. The third kappa shape index (κ3) is 3.15. The van der Waals surface area contributed by atoms with Gasteiger partial charge in [0.15, 0.2) is 5.82 Å². The molecule has 1 aliphatic heterocycles. The molecule has 0 bridgehead atoms. The predicted octanol–water partition coefficient (Wildman–Crippen LogP) is 1.45. The van der Waals surface area contributed by atoms with Gasteiger partial charge in [0.25, 0.3) is 5.91 Å². The van der Waals surface area contributed by atoms with E-state index in [0.717, 1.165) is 29.6 Å². The Kier molecular flexibility index (Phi) is 4.23. The number of aromatic nitrogens is 2. The maximum atomic E-state index is 11.8. The Labute approximate surface area is 146 Å². The Hall–Kier alpha value is -2.32. The van der Waals surface area contributed by atoms with Gasteiger partial charge in [0, 0.05) is 11.9 Å². The van der Waals surface area contributed by atoms with Crippen molar-refractivity contribution in [3.05, 3.63) is 35.5 Å². The number of hydrogen-bond donors (Lipinski definition) is 3. The fourth-order valence-electron chi connectivity index (χ4n) is 3.63. The van der Waals surface area contributed by atoms with Crippen LogP contribution in [0.4, 0.5) is 11.5 Å². The van der Waals surface area contributed by atoms with Crippen molar-refractivity contribution in [2.45, 2.75) is 44.8 Å². The van der Waals surface area contributed by atoms with Crippen LogP contribution in [0.3, 0.4) is 0 Å². The minimum Gasteiger partial charge on any atom is -0.423 e. The topological polar surface area (TPSA) is 102 Å². The molecule has 1 amide bonds. The van der Waals surface area contributed by atoms with Gasteiger partial charge >= 0.3 is 7.12 Å². The van der Waals surface area contributed by atoms with Gasteiger partial charge in [-0.3, -0.25) is 9.48 Å². The van der Waals surface area contributed by atoms with Crippen LogP contribution in [0.5, 0.6) is 0 Å². The van der Waals surface area contributed by atoms with Gasteiger partial charge in [-0.15, -0.1) is 0 Å². The monoisotopic (exact) mass is 340 g/mol. The summed E-state index contributed by atoms with van der Waals surface area (Å²) in [4.78, 5) is 11.8. The fraction of sp³-hybridized carbons (Fsp3) is 0.412. The van der Waals surface area contributed by atoms with E-state index in [0.29, 0.717) is 24.0 Å². The first-order valence-corrected chi connectivity index (χ1v) is 8.70. The molecule has 2 aromatic rings. The molecule has 0 saturated heterocycles. The Bertz CT molecular complexity index is 801. The molecule has 2 aliphatic rings. The average molecular weight is 340 g/mol. The van der Waals surface area contributed by atoms with E-state index in [-0.39, 0.29) is 0 Å². The number of benzene rings is 1. The van der Waals surface area contributed by atoms with Crippen molar-refractivity contribution in [1.29, 1.82) is 0 Å². The lowest BCUT2D eigenvalue weighted by molar-refractivity contribution is 0.100. The number of carbonyl (C=O) groups excluding carboxylic acids is 1. The molecule has 1 aromatic heterocycles. The number of rotatable bonds is 4. The van der Waals surface area contributed by atoms with E-state index in [1.165, 1.54) is 19.3 Å². The number of nitrogens with zero attached hydrogens (tertiary/aromatic N) is 2. The van der Waals surface area contributed by atoms with Crippen molar-refractivity contribution in [3.8, 4) is 0 Å². The number of carbonyl (C=O) groups is 1. The third-order valence-corrected chi connectivity index (χ3v) is 5.02. The molecule has 0 unspecified atom stereocenters. The lowest BCUT2D eigenvalue weighted by Gasteiger charge is -2.21. The summed E-state index contributed by atoms with van der Waals surface area (Å²) in [6.45, 7) is 0.402. The van der Waals surface area contributed by atoms with Crippen molar-refractivity contribution in [2.24, 2.45) is 5.73 Å². The summed E-state index contributed by atoms with van der Waals surface area (Å²) in [6, 6.07) is 5.91. The largest absolute Gasteiger partial charge is 0.491 e. The number of fused-ring (bicyclic) bond motifs is 1. The molecule has 4 rings (SSSR count).